The van der Waals surface area contributed by atoms with Crippen molar-refractivity contribution in [2.24, 2.45) is 0 Å². The minimum atomic E-state index is -1.29. The van der Waals surface area contributed by atoms with Gasteiger partial charge in [0.2, 0.25) is 5.75 Å². The Bertz CT molecular complexity index is 825. The third kappa shape index (κ3) is 4.89. The zero-order valence-corrected chi connectivity index (χ0v) is 16.3. The van der Waals surface area contributed by atoms with Gasteiger partial charge in [-0.15, -0.1) is 0 Å². The lowest BCUT2D eigenvalue weighted by Gasteiger charge is -2.25. The largest absolute Gasteiger partial charge is 0.504 e. The molecule has 158 valence electrons. The van der Waals surface area contributed by atoms with Gasteiger partial charge in [0, 0.05) is 5.56 Å². The first kappa shape index (κ1) is 22.3. The minimum absolute atomic E-state index is 0.0633. The van der Waals surface area contributed by atoms with Gasteiger partial charge in [0.1, 0.15) is 12.7 Å². The highest BCUT2D eigenvalue weighted by molar-refractivity contribution is 5.98. The summed E-state index contributed by atoms with van der Waals surface area (Å²) < 4.78 is 21.3. The maximum absolute atomic E-state index is 11.8. The number of aliphatic hydroxyl groups excluding tert-OH is 3. The van der Waals surface area contributed by atoms with Gasteiger partial charge >= 0.3 is 0 Å². The summed E-state index contributed by atoms with van der Waals surface area (Å²) in [5.74, 6) is -0.181. The van der Waals surface area contributed by atoms with E-state index in [2.05, 4.69) is 0 Å². The van der Waals surface area contributed by atoms with E-state index in [1.54, 1.807) is 0 Å². The standard InChI is InChI=1S/C20H24O9/c1-26-15-6-11(4-5-13(15)23)19(25)18(10-22)29-20-16(27-2)7-12(14(24)9-21)8-17(20)28-3/h4-8,18-19,21-23,25H,9-10H2,1-3H3/t18-,19+/m0/s1. The van der Waals surface area contributed by atoms with Gasteiger partial charge in [-0.2, -0.15) is 0 Å². The number of ether oxygens (including phenoxy) is 4. The average Bonchev–Trinajstić information content (AvgIpc) is 2.76. The van der Waals surface area contributed by atoms with E-state index in [0.29, 0.717) is 5.56 Å². The number of carbonyl (C=O) groups excluding carboxylic acids is 1. The summed E-state index contributed by atoms with van der Waals surface area (Å²) >= 11 is 0. The van der Waals surface area contributed by atoms with Crippen LogP contribution in [0.3, 0.4) is 0 Å². The second-order valence-corrected chi connectivity index (χ2v) is 6.01. The SMILES string of the molecule is COc1cc([C@@H](O)[C@H](CO)Oc2c(OC)cc(C(=O)CO)cc2OC)ccc1O. The molecule has 0 amide bonds. The molecule has 2 aromatic carbocycles. The monoisotopic (exact) mass is 408 g/mol. The summed E-state index contributed by atoms with van der Waals surface area (Å²) in [5.41, 5.74) is 0.488. The second kappa shape index (κ2) is 9.97. The van der Waals surface area contributed by atoms with E-state index in [1.807, 2.05) is 0 Å². The molecule has 0 saturated carbocycles. The van der Waals surface area contributed by atoms with Gasteiger partial charge in [-0.05, 0) is 29.8 Å². The number of aromatic hydroxyl groups is 1. The molecule has 9 nitrogen and oxygen atoms in total. The molecule has 0 spiro atoms. The number of hydrogen-bond acceptors (Lipinski definition) is 9. The number of carbonyl (C=O) groups is 1. The van der Waals surface area contributed by atoms with Crippen LogP contribution in [0.2, 0.25) is 0 Å². The molecule has 9 heteroatoms. The lowest BCUT2D eigenvalue weighted by Crippen LogP contribution is -2.29. The van der Waals surface area contributed by atoms with E-state index in [9.17, 15) is 20.1 Å². The van der Waals surface area contributed by atoms with E-state index >= 15 is 0 Å². The molecule has 0 unspecified atom stereocenters. The van der Waals surface area contributed by atoms with Crippen LogP contribution in [0.1, 0.15) is 22.0 Å². The third-order valence-electron chi connectivity index (χ3n) is 4.27. The maximum atomic E-state index is 11.8. The highest BCUT2D eigenvalue weighted by Crippen LogP contribution is 2.41. The number of rotatable bonds is 10. The van der Waals surface area contributed by atoms with Crippen molar-refractivity contribution in [1.82, 2.24) is 0 Å². The lowest BCUT2D eigenvalue weighted by atomic mass is 10.0. The number of phenols is 1. The second-order valence-electron chi connectivity index (χ2n) is 6.01. The summed E-state index contributed by atoms with van der Waals surface area (Å²) in [6.07, 6.45) is -2.42. The Morgan fingerprint density at radius 1 is 0.966 bits per heavy atom. The smallest absolute Gasteiger partial charge is 0.204 e. The number of phenolic OH excluding ortho intramolecular Hbond substituents is 1. The summed E-state index contributed by atoms with van der Waals surface area (Å²) in [7, 11) is 4.07. The van der Waals surface area contributed by atoms with E-state index in [0.717, 1.165) is 0 Å². The van der Waals surface area contributed by atoms with Gasteiger partial charge in [-0.3, -0.25) is 4.79 Å². The predicted molar refractivity (Wildman–Crippen MR) is 102 cm³/mol. The molecule has 4 N–H and O–H groups in total. The molecule has 0 aromatic heterocycles. The Morgan fingerprint density at radius 2 is 1.55 bits per heavy atom. The van der Waals surface area contributed by atoms with Crippen molar-refractivity contribution in [2.45, 2.75) is 12.2 Å². The molecule has 0 aliphatic carbocycles. The zero-order chi connectivity index (χ0) is 21.6. The van der Waals surface area contributed by atoms with Crippen LogP contribution in [-0.2, 0) is 0 Å². The Kier molecular flexibility index (Phi) is 7.66. The molecular weight excluding hydrogens is 384 g/mol. The van der Waals surface area contributed by atoms with Crippen molar-refractivity contribution in [3.63, 3.8) is 0 Å². The fourth-order valence-corrected chi connectivity index (χ4v) is 2.69. The van der Waals surface area contributed by atoms with E-state index in [4.69, 9.17) is 24.1 Å². The van der Waals surface area contributed by atoms with E-state index < -0.39 is 31.2 Å². The third-order valence-corrected chi connectivity index (χ3v) is 4.27. The van der Waals surface area contributed by atoms with Crippen LogP contribution in [0.25, 0.3) is 0 Å². The topological polar surface area (TPSA) is 135 Å². The van der Waals surface area contributed by atoms with Crippen LogP contribution in [0.15, 0.2) is 30.3 Å². The number of methoxy groups -OCH3 is 3. The first-order chi connectivity index (χ1) is 13.9. The fraction of sp³-hybridized carbons (Fsp3) is 0.350. The molecular formula is C20H24O9. The van der Waals surface area contributed by atoms with Crippen LogP contribution in [0.5, 0.6) is 28.7 Å². The minimum Gasteiger partial charge on any atom is -0.504 e. The van der Waals surface area contributed by atoms with Crippen molar-refractivity contribution in [3.8, 4) is 28.7 Å². The Morgan fingerprint density at radius 3 is 2.03 bits per heavy atom. The number of aliphatic hydroxyl groups is 3. The predicted octanol–water partition coefficient (Wildman–Crippen LogP) is 1.07. The summed E-state index contributed by atoms with van der Waals surface area (Å²) in [6.45, 7) is -1.25. The van der Waals surface area contributed by atoms with Crippen LogP contribution >= 0.6 is 0 Å². The van der Waals surface area contributed by atoms with Gasteiger partial charge in [-0.25, -0.2) is 0 Å². The van der Waals surface area contributed by atoms with Crippen molar-refractivity contribution >= 4 is 5.78 Å². The molecule has 0 radical (unpaired) electrons. The van der Waals surface area contributed by atoms with E-state index in [-0.39, 0.29) is 34.3 Å². The number of Topliss-reactive ketones (excluding diaryl/α,β-unsaturated/α-hetero) is 1. The molecule has 0 fully saturated rings. The molecule has 2 atom stereocenters. The maximum Gasteiger partial charge on any atom is 0.204 e. The summed E-state index contributed by atoms with van der Waals surface area (Å²) in [5, 5.41) is 39.2. The average molecular weight is 408 g/mol. The van der Waals surface area contributed by atoms with Gasteiger partial charge in [0.15, 0.2) is 34.9 Å². The van der Waals surface area contributed by atoms with E-state index in [1.165, 1.54) is 51.7 Å². The first-order valence-corrected chi connectivity index (χ1v) is 8.62. The van der Waals surface area contributed by atoms with Crippen molar-refractivity contribution in [2.75, 3.05) is 34.5 Å². The quantitative estimate of drug-likeness (QED) is 0.426. The molecule has 0 heterocycles. The van der Waals surface area contributed by atoms with Crippen LogP contribution < -0.4 is 18.9 Å². The van der Waals surface area contributed by atoms with Gasteiger partial charge < -0.3 is 39.4 Å². The molecule has 0 aliphatic heterocycles. The zero-order valence-electron chi connectivity index (χ0n) is 16.3. The van der Waals surface area contributed by atoms with Crippen LogP contribution in [0.4, 0.5) is 0 Å². The number of benzene rings is 2. The Hall–Kier alpha value is -3.01. The molecule has 29 heavy (non-hydrogen) atoms. The van der Waals surface area contributed by atoms with Crippen molar-refractivity contribution in [1.29, 1.82) is 0 Å². The fourth-order valence-electron chi connectivity index (χ4n) is 2.69. The first-order valence-electron chi connectivity index (χ1n) is 8.62. The highest BCUT2D eigenvalue weighted by atomic mass is 16.6. The van der Waals surface area contributed by atoms with Crippen molar-refractivity contribution in [3.05, 3.63) is 41.5 Å². The van der Waals surface area contributed by atoms with Crippen molar-refractivity contribution < 1.29 is 44.2 Å². The van der Waals surface area contributed by atoms with Crippen LogP contribution in [0, 0.1) is 0 Å². The molecule has 0 aliphatic rings. The molecule has 0 saturated heterocycles. The lowest BCUT2D eigenvalue weighted by molar-refractivity contribution is -0.00176. The Labute approximate surface area is 167 Å². The van der Waals surface area contributed by atoms with Gasteiger partial charge in [0.05, 0.1) is 27.9 Å². The Balaban J connectivity index is 2.40. The normalized spacial score (nSPS) is 12.8. The van der Waals surface area contributed by atoms with Gasteiger partial charge in [-0.1, -0.05) is 6.07 Å². The number of ketones is 1. The van der Waals surface area contributed by atoms with Gasteiger partial charge in [0.25, 0.3) is 0 Å². The summed E-state index contributed by atoms with van der Waals surface area (Å²) in [6, 6.07) is 6.96. The van der Waals surface area contributed by atoms with Crippen LogP contribution in [-0.4, -0.2) is 66.9 Å². The molecule has 0 bridgehead atoms. The summed E-state index contributed by atoms with van der Waals surface area (Å²) in [4.78, 5) is 11.8. The molecule has 2 aromatic rings. The number of hydrogen-bond donors (Lipinski definition) is 4. The molecule has 2 rings (SSSR count). The highest BCUT2D eigenvalue weighted by Gasteiger charge is 2.27.